The lowest BCUT2D eigenvalue weighted by Gasteiger charge is -2.33. The molecule has 5 rings (SSSR count). The van der Waals surface area contributed by atoms with Crippen LogP contribution in [-0.4, -0.2) is 67.0 Å². The molecule has 4 aromatic rings. The van der Waals surface area contributed by atoms with Gasteiger partial charge in [0.1, 0.15) is 6.54 Å². The Labute approximate surface area is 203 Å². The lowest BCUT2D eigenvalue weighted by molar-refractivity contribution is 0.310. The van der Waals surface area contributed by atoms with E-state index in [4.69, 9.17) is 32.6 Å². The van der Waals surface area contributed by atoms with Crippen molar-refractivity contribution in [3.8, 4) is 11.5 Å². The molecule has 3 aromatic heterocycles. The summed E-state index contributed by atoms with van der Waals surface area (Å²) in [5.74, 6) is 1.14. The zero-order chi connectivity index (χ0) is 24.1. The van der Waals surface area contributed by atoms with Crippen LogP contribution >= 0.6 is 23.2 Å². The number of anilines is 1. The number of rotatable bonds is 4. The van der Waals surface area contributed by atoms with Crippen LogP contribution in [0.1, 0.15) is 5.89 Å². The van der Waals surface area contributed by atoms with Gasteiger partial charge >= 0.3 is 5.69 Å². The number of benzene rings is 1. The summed E-state index contributed by atoms with van der Waals surface area (Å²) in [6.07, 6.45) is 0. The van der Waals surface area contributed by atoms with Gasteiger partial charge in [-0.2, -0.15) is 4.98 Å². The molecule has 0 amide bonds. The summed E-state index contributed by atoms with van der Waals surface area (Å²) in [4.78, 5) is 34.7. The van der Waals surface area contributed by atoms with Gasteiger partial charge in [-0.3, -0.25) is 18.5 Å². The van der Waals surface area contributed by atoms with Crippen molar-refractivity contribution >= 4 is 40.3 Å². The number of piperazine rings is 1. The molecule has 4 heterocycles. The molecule has 0 aliphatic carbocycles. The highest BCUT2D eigenvalue weighted by atomic mass is 35.5. The largest absolute Gasteiger partial charge is 0.419 e. The molecule has 0 saturated carbocycles. The summed E-state index contributed by atoms with van der Waals surface area (Å²) < 4.78 is 10.1. The van der Waals surface area contributed by atoms with Gasteiger partial charge in [-0.15, -0.1) is 10.2 Å². The first-order chi connectivity index (χ1) is 16.2. The smallest absolute Gasteiger partial charge is 0.332 e. The minimum Gasteiger partial charge on any atom is -0.419 e. The Kier molecular flexibility index (Phi) is 5.70. The predicted molar refractivity (Wildman–Crippen MR) is 129 cm³/mol. The summed E-state index contributed by atoms with van der Waals surface area (Å²) in [7, 11) is 5.11. The lowest BCUT2D eigenvalue weighted by atomic mass is 10.2. The molecule has 1 fully saturated rings. The van der Waals surface area contributed by atoms with E-state index < -0.39 is 11.2 Å². The molecule has 1 aliphatic rings. The third-order valence-electron chi connectivity index (χ3n) is 6.04. The molecular weight excluding hydrogens is 483 g/mol. The second-order valence-electron chi connectivity index (χ2n) is 8.30. The highest BCUT2D eigenvalue weighted by molar-refractivity contribution is 6.42. The third-order valence-corrected chi connectivity index (χ3v) is 6.78. The van der Waals surface area contributed by atoms with E-state index in [1.807, 2.05) is 0 Å². The lowest BCUT2D eigenvalue weighted by Crippen LogP contribution is -2.45. The highest BCUT2D eigenvalue weighted by Gasteiger charge is 2.26. The van der Waals surface area contributed by atoms with E-state index in [0.29, 0.717) is 32.7 Å². The van der Waals surface area contributed by atoms with Crippen molar-refractivity contribution in [2.75, 3.05) is 38.1 Å². The molecule has 0 unspecified atom stereocenters. The number of nitrogens with zero attached hydrogens (tertiary/aromatic N) is 8. The number of fused-ring (bicyclic) bond motifs is 1. The van der Waals surface area contributed by atoms with Crippen LogP contribution in [0, 0.1) is 0 Å². The van der Waals surface area contributed by atoms with E-state index in [-0.39, 0.29) is 18.3 Å². The van der Waals surface area contributed by atoms with Crippen LogP contribution < -0.4 is 16.1 Å². The van der Waals surface area contributed by atoms with Crippen molar-refractivity contribution in [3.05, 3.63) is 55.0 Å². The number of imidazole rings is 1. The van der Waals surface area contributed by atoms with E-state index in [1.54, 1.807) is 29.8 Å². The molecule has 34 heavy (non-hydrogen) atoms. The summed E-state index contributed by atoms with van der Waals surface area (Å²) in [5.41, 5.74) is 0.363. The fourth-order valence-corrected chi connectivity index (χ4v) is 4.33. The van der Waals surface area contributed by atoms with Crippen LogP contribution in [0.5, 0.6) is 0 Å². The number of likely N-dealkylation sites (N-methyl/N-ethyl adjacent to an activating group) is 1. The van der Waals surface area contributed by atoms with Gasteiger partial charge in [0, 0.05) is 45.8 Å². The van der Waals surface area contributed by atoms with Gasteiger partial charge in [0.15, 0.2) is 11.2 Å². The third kappa shape index (κ3) is 3.79. The Morgan fingerprint density at radius 1 is 0.971 bits per heavy atom. The fraction of sp³-hybridized carbons (Fsp3) is 0.381. The highest BCUT2D eigenvalue weighted by Crippen LogP contribution is 2.28. The van der Waals surface area contributed by atoms with Crippen molar-refractivity contribution in [1.29, 1.82) is 0 Å². The molecule has 0 atom stereocenters. The van der Waals surface area contributed by atoms with Crippen molar-refractivity contribution in [3.63, 3.8) is 0 Å². The van der Waals surface area contributed by atoms with Crippen molar-refractivity contribution < 1.29 is 4.42 Å². The van der Waals surface area contributed by atoms with E-state index in [9.17, 15) is 9.59 Å². The first-order valence-electron chi connectivity index (χ1n) is 10.6. The summed E-state index contributed by atoms with van der Waals surface area (Å²) >= 11 is 12.1. The maximum Gasteiger partial charge on any atom is 0.332 e. The molecule has 0 radical (unpaired) electrons. The van der Waals surface area contributed by atoms with Gasteiger partial charge in [0.2, 0.25) is 17.7 Å². The van der Waals surface area contributed by atoms with Gasteiger partial charge in [0.25, 0.3) is 5.56 Å². The molecule has 1 aromatic carbocycles. The number of halogens is 2. The molecule has 0 bridgehead atoms. The quantitative estimate of drug-likeness (QED) is 0.412. The van der Waals surface area contributed by atoms with Gasteiger partial charge in [-0.25, -0.2) is 4.79 Å². The number of aryl methyl sites for hydroxylation is 1. The molecule has 178 valence electrons. The molecule has 0 N–H and O–H groups in total. The van der Waals surface area contributed by atoms with Crippen LogP contribution in [0.15, 0.2) is 32.2 Å². The Morgan fingerprint density at radius 3 is 2.41 bits per heavy atom. The number of aromatic nitrogens is 6. The zero-order valence-corrected chi connectivity index (χ0v) is 20.3. The van der Waals surface area contributed by atoms with Crippen LogP contribution in [0.3, 0.4) is 0 Å². The predicted octanol–water partition coefficient (Wildman–Crippen LogP) is 1.59. The van der Waals surface area contributed by atoms with E-state index in [2.05, 4.69) is 27.0 Å². The summed E-state index contributed by atoms with van der Waals surface area (Å²) in [5, 5.41) is 9.10. The maximum absolute atomic E-state index is 13.1. The minimum absolute atomic E-state index is 0.111. The van der Waals surface area contributed by atoms with Crippen molar-refractivity contribution in [2.24, 2.45) is 14.1 Å². The molecule has 1 aliphatic heterocycles. The monoisotopic (exact) mass is 504 g/mol. The van der Waals surface area contributed by atoms with Crippen molar-refractivity contribution in [1.82, 2.24) is 33.8 Å². The van der Waals surface area contributed by atoms with Gasteiger partial charge < -0.3 is 14.2 Å². The van der Waals surface area contributed by atoms with Crippen LogP contribution in [0.4, 0.5) is 5.95 Å². The maximum atomic E-state index is 13.1. The molecule has 11 nitrogen and oxygen atoms in total. The fourth-order valence-electron chi connectivity index (χ4n) is 4.03. The normalized spacial score (nSPS) is 14.9. The van der Waals surface area contributed by atoms with E-state index in [0.717, 1.165) is 30.7 Å². The minimum atomic E-state index is -0.438. The standard InChI is InChI=1S/C21H22Cl2N8O3/c1-27-6-8-30(9-7-27)20-24-17-16(19(32)29(3)21(33)28(17)2)31(20)11-15-25-26-18(34-15)12-4-5-13(22)14(23)10-12/h4-5,10H,6-9,11H2,1-3H3. The second kappa shape index (κ2) is 8.57. The molecule has 13 heteroatoms. The van der Waals surface area contributed by atoms with Crippen LogP contribution in [-0.2, 0) is 20.6 Å². The summed E-state index contributed by atoms with van der Waals surface area (Å²) in [6.45, 7) is 3.27. The SMILES string of the molecule is CN1CCN(c2nc3c(c(=O)n(C)c(=O)n3C)n2Cc2nnc(-c3ccc(Cl)c(Cl)c3)o2)CC1. The topological polar surface area (TPSA) is 107 Å². The van der Waals surface area contributed by atoms with Gasteiger partial charge in [0.05, 0.1) is 10.0 Å². The Hall–Kier alpha value is -3.15. The van der Waals surface area contributed by atoms with Gasteiger partial charge in [-0.05, 0) is 25.2 Å². The zero-order valence-electron chi connectivity index (χ0n) is 18.8. The average Bonchev–Trinajstić information content (AvgIpc) is 3.44. The second-order valence-corrected chi connectivity index (χ2v) is 9.11. The Balaban J connectivity index is 1.61. The van der Waals surface area contributed by atoms with Crippen LogP contribution in [0.2, 0.25) is 10.0 Å². The van der Waals surface area contributed by atoms with E-state index >= 15 is 0 Å². The Morgan fingerprint density at radius 2 is 1.71 bits per heavy atom. The first-order valence-corrected chi connectivity index (χ1v) is 11.4. The summed E-state index contributed by atoms with van der Waals surface area (Å²) in [6, 6.07) is 5.04. The van der Waals surface area contributed by atoms with E-state index in [1.165, 1.54) is 11.6 Å². The Bertz CT molecular complexity index is 1510. The van der Waals surface area contributed by atoms with Crippen LogP contribution in [0.25, 0.3) is 22.6 Å². The first kappa shape index (κ1) is 22.6. The van der Waals surface area contributed by atoms with Crippen molar-refractivity contribution in [2.45, 2.75) is 6.54 Å². The number of hydrogen-bond donors (Lipinski definition) is 0. The number of hydrogen-bond acceptors (Lipinski definition) is 8. The molecule has 0 spiro atoms. The molecular formula is C21H22Cl2N8O3. The average molecular weight is 505 g/mol. The van der Waals surface area contributed by atoms with Gasteiger partial charge in [-0.1, -0.05) is 23.2 Å². The molecule has 1 saturated heterocycles.